The first-order valence-electron chi connectivity index (χ1n) is 6.82. The molecular weight excluding hydrogens is 297 g/mol. The van der Waals surface area contributed by atoms with Crippen molar-refractivity contribution >= 4 is 11.6 Å². The van der Waals surface area contributed by atoms with Crippen LogP contribution >= 0.6 is 11.6 Å². The summed E-state index contributed by atoms with van der Waals surface area (Å²) in [7, 11) is 0. The van der Waals surface area contributed by atoms with Gasteiger partial charge in [0.2, 0.25) is 0 Å². The number of hydrogen-bond donors (Lipinski definition) is 0. The smallest absolute Gasteiger partial charge is 0.166 e. The van der Waals surface area contributed by atoms with E-state index in [1.807, 2.05) is 12.1 Å². The van der Waals surface area contributed by atoms with Crippen LogP contribution in [0.4, 0.5) is 13.2 Å². The summed E-state index contributed by atoms with van der Waals surface area (Å²) < 4.78 is 39.1. The first kappa shape index (κ1) is 15.9. The maximum Gasteiger partial charge on any atom is 0.416 e. The lowest BCUT2D eigenvalue weighted by Crippen LogP contribution is -2.10. The second-order valence-electron chi connectivity index (χ2n) is 4.94. The lowest BCUT2D eigenvalue weighted by Gasteiger charge is -2.17. The monoisotopic (exact) mass is 312 g/mol. The van der Waals surface area contributed by atoms with Crippen LogP contribution in [0.3, 0.4) is 0 Å². The maximum absolute atomic E-state index is 13.0. The van der Waals surface area contributed by atoms with Crippen LogP contribution < -0.4 is 0 Å². The van der Waals surface area contributed by atoms with Gasteiger partial charge in [-0.25, -0.2) is 0 Å². The molecule has 0 aliphatic rings. The van der Waals surface area contributed by atoms with Crippen LogP contribution in [0.5, 0.6) is 0 Å². The van der Waals surface area contributed by atoms with E-state index in [0.29, 0.717) is 5.56 Å². The third kappa shape index (κ3) is 3.79. The molecule has 0 nitrogen and oxygen atoms in total. The number of alkyl halides is 4. The van der Waals surface area contributed by atoms with Gasteiger partial charge in [0, 0.05) is 0 Å². The summed E-state index contributed by atoms with van der Waals surface area (Å²) in [5, 5.41) is -0.807. The third-order valence-corrected chi connectivity index (χ3v) is 3.84. The summed E-state index contributed by atoms with van der Waals surface area (Å²) >= 11 is 6.27. The molecule has 0 aliphatic heterocycles. The molecule has 0 fully saturated rings. The number of rotatable bonds is 4. The van der Waals surface area contributed by atoms with Gasteiger partial charge in [-0.15, -0.1) is 11.6 Å². The van der Waals surface area contributed by atoms with E-state index < -0.39 is 17.1 Å². The number of benzene rings is 2. The normalized spacial score (nSPS) is 13.2. The standard InChI is InChI=1S/C17H16ClF3/c1-2-5-12-8-10-13(11-9-12)16(18)14-6-3-4-7-15(14)17(19,20)21/h3-4,6-11,16H,2,5H2,1H3. The molecule has 2 aromatic rings. The van der Waals surface area contributed by atoms with E-state index in [0.717, 1.165) is 24.5 Å². The summed E-state index contributed by atoms with van der Waals surface area (Å²) in [4.78, 5) is 0. The van der Waals surface area contributed by atoms with Crippen molar-refractivity contribution in [3.05, 3.63) is 70.8 Å². The molecule has 0 amide bonds. The van der Waals surface area contributed by atoms with Crippen molar-refractivity contribution in [2.24, 2.45) is 0 Å². The highest BCUT2D eigenvalue weighted by atomic mass is 35.5. The first-order valence-corrected chi connectivity index (χ1v) is 7.26. The highest BCUT2D eigenvalue weighted by Gasteiger charge is 2.34. The van der Waals surface area contributed by atoms with Crippen LogP contribution in [0.15, 0.2) is 48.5 Å². The van der Waals surface area contributed by atoms with E-state index in [1.54, 1.807) is 18.2 Å². The van der Waals surface area contributed by atoms with E-state index in [1.165, 1.54) is 12.1 Å². The number of hydrogen-bond acceptors (Lipinski definition) is 0. The van der Waals surface area contributed by atoms with E-state index in [9.17, 15) is 13.2 Å². The fourth-order valence-corrected chi connectivity index (χ4v) is 2.63. The fraction of sp³-hybridized carbons (Fsp3) is 0.294. The van der Waals surface area contributed by atoms with Gasteiger partial charge in [0.05, 0.1) is 10.9 Å². The second-order valence-corrected chi connectivity index (χ2v) is 5.38. The molecule has 0 saturated heterocycles. The van der Waals surface area contributed by atoms with Crippen molar-refractivity contribution in [2.45, 2.75) is 31.3 Å². The Hall–Kier alpha value is -1.48. The highest BCUT2D eigenvalue weighted by molar-refractivity contribution is 6.22. The van der Waals surface area contributed by atoms with Crippen LogP contribution in [0.1, 0.15) is 41.0 Å². The predicted molar refractivity (Wildman–Crippen MR) is 79.6 cm³/mol. The Balaban J connectivity index is 2.34. The molecule has 0 aromatic heterocycles. The van der Waals surface area contributed by atoms with Crippen molar-refractivity contribution in [2.75, 3.05) is 0 Å². The second kappa shape index (κ2) is 6.52. The Kier molecular flexibility index (Phi) is 4.94. The van der Waals surface area contributed by atoms with Gasteiger partial charge < -0.3 is 0 Å². The van der Waals surface area contributed by atoms with Gasteiger partial charge in [-0.3, -0.25) is 0 Å². The average molecular weight is 313 g/mol. The number of aryl methyl sites for hydroxylation is 1. The van der Waals surface area contributed by atoms with Crippen LogP contribution in [0, 0.1) is 0 Å². The Morgan fingerprint density at radius 3 is 2.19 bits per heavy atom. The number of halogens is 4. The summed E-state index contributed by atoms with van der Waals surface area (Å²) in [6.07, 6.45) is -2.42. The summed E-state index contributed by atoms with van der Waals surface area (Å²) in [6, 6.07) is 12.9. The molecule has 0 saturated carbocycles. The molecule has 0 aliphatic carbocycles. The van der Waals surface area contributed by atoms with Gasteiger partial charge in [-0.2, -0.15) is 13.2 Å². The average Bonchev–Trinajstić information content (AvgIpc) is 2.47. The van der Waals surface area contributed by atoms with Gasteiger partial charge in [0.25, 0.3) is 0 Å². The van der Waals surface area contributed by atoms with Crippen LogP contribution in [0.25, 0.3) is 0 Å². The molecule has 2 rings (SSSR count). The SMILES string of the molecule is CCCc1ccc(C(Cl)c2ccccc2C(F)(F)F)cc1. The van der Waals surface area contributed by atoms with Crippen molar-refractivity contribution in [3.63, 3.8) is 0 Å². The maximum atomic E-state index is 13.0. The van der Waals surface area contributed by atoms with Crippen LogP contribution in [0.2, 0.25) is 0 Å². The molecule has 1 atom stereocenters. The molecule has 0 spiro atoms. The van der Waals surface area contributed by atoms with E-state index in [-0.39, 0.29) is 5.56 Å². The Morgan fingerprint density at radius 1 is 1.00 bits per heavy atom. The van der Waals surface area contributed by atoms with Crippen molar-refractivity contribution < 1.29 is 13.2 Å². The van der Waals surface area contributed by atoms with Crippen molar-refractivity contribution in [1.82, 2.24) is 0 Å². The van der Waals surface area contributed by atoms with Gasteiger partial charge in [0.15, 0.2) is 0 Å². The van der Waals surface area contributed by atoms with E-state index in [4.69, 9.17) is 11.6 Å². The van der Waals surface area contributed by atoms with Gasteiger partial charge in [-0.1, -0.05) is 55.8 Å². The van der Waals surface area contributed by atoms with Crippen molar-refractivity contribution in [3.8, 4) is 0 Å². The Labute approximate surface area is 127 Å². The van der Waals surface area contributed by atoms with E-state index in [2.05, 4.69) is 6.92 Å². The zero-order chi connectivity index (χ0) is 15.5. The largest absolute Gasteiger partial charge is 0.416 e. The highest BCUT2D eigenvalue weighted by Crippen LogP contribution is 2.39. The van der Waals surface area contributed by atoms with Crippen LogP contribution in [-0.2, 0) is 12.6 Å². The topological polar surface area (TPSA) is 0 Å². The lowest BCUT2D eigenvalue weighted by molar-refractivity contribution is -0.138. The quantitative estimate of drug-likeness (QED) is 0.609. The molecule has 0 radical (unpaired) electrons. The molecule has 1 unspecified atom stereocenters. The Morgan fingerprint density at radius 2 is 1.62 bits per heavy atom. The zero-order valence-corrected chi connectivity index (χ0v) is 12.4. The first-order chi connectivity index (χ1) is 9.93. The fourth-order valence-electron chi connectivity index (χ4n) is 2.30. The molecule has 2 aromatic carbocycles. The summed E-state index contributed by atoms with van der Waals surface area (Å²) in [5.74, 6) is 0. The Bertz CT molecular complexity index is 588. The van der Waals surface area contributed by atoms with Gasteiger partial charge in [0.1, 0.15) is 0 Å². The molecule has 0 heterocycles. The lowest BCUT2D eigenvalue weighted by atomic mass is 9.97. The summed E-state index contributed by atoms with van der Waals surface area (Å²) in [6.45, 7) is 2.08. The molecule has 0 bridgehead atoms. The van der Waals surface area contributed by atoms with Gasteiger partial charge in [-0.05, 0) is 29.2 Å². The third-order valence-electron chi connectivity index (χ3n) is 3.35. The van der Waals surface area contributed by atoms with E-state index >= 15 is 0 Å². The molecule has 4 heteroatoms. The molecule has 21 heavy (non-hydrogen) atoms. The van der Waals surface area contributed by atoms with Crippen LogP contribution in [-0.4, -0.2) is 0 Å². The minimum absolute atomic E-state index is 0.0925. The minimum Gasteiger partial charge on any atom is -0.166 e. The van der Waals surface area contributed by atoms with Gasteiger partial charge >= 0.3 is 6.18 Å². The molecular formula is C17H16ClF3. The molecule has 0 N–H and O–H groups in total. The van der Waals surface area contributed by atoms with Crippen molar-refractivity contribution in [1.29, 1.82) is 0 Å². The minimum atomic E-state index is -4.40. The zero-order valence-electron chi connectivity index (χ0n) is 11.6. The predicted octanol–water partition coefficient (Wildman–Crippen LogP) is 5.99. The molecule has 112 valence electrons. The summed E-state index contributed by atoms with van der Waals surface area (Å²) in [5.41, 5.74) is 1.25.